The molecule has 0 unspecified atom stereocenters. The third kappa shape index (κ3) is 3.34. The number of aromatic carboxylic acids is 1. The highest BCUT2D eigenvalue weighted by molar-refractivity contribution is 9.10. The van der Waals surface area contributed by atoms with Crippen LogP contribution in [-0.4, -0.2) is 16.1 Å². The molecule has 0 saturated carbocycles. The largest absolute Gasteiger partial charge is 0.478 e. The summed E-state index contributed by atoms with van der Waals surface area (Å²) in [5.41, 5.74) is 0.752. The Hall–Kier alpha value is -1.84. The van der Waals surface area contributed by atoms with E-state index in [9.17, 15) is 4.79 Å². The number of carboxylic acid groups (broad SMARTS) is 1. The lowest BCUT2D eigenvalue weighted by molar-refractivity contribution is 0.0696. The zero-order chi connectivity index (χ0) is 13.8. The van der Waals surface area contributed by atoms with Crippen LogP contribution in [0.3, 0.4) is 0 Å². The van der Waals surface area contributed by atoms with Crippen LogP contribution in [0.25, 0.3) is 0 Å². The average Bonchev–Trinajstić information content (AvgIpc) is 2.39. The van der Waals surface area contributed by atoms with E-state index in [2.05, 4.69) is 27.0 Å². The second-order valence-electron chi connectivity index (χ2n) is 3.54. The van der Waals surface area contributed by atoms with Crippen molar-refractivity contribution in [2.75, 3.05) is 0 Å². The maximum Gasteiger partial charge on any atom is 0.335 e. The van der Waals surface area contributed by atoms with Gasteiger partial charge in [0.05, 0.1) is 11.1 Å². The monoisotopic (exact) mass is 334 g/mol. The van der Waals surface area contributed by atoms with Crippen LogP contribution < -0.4 is 0 Å². The lowest BCUT2D eigenvalue weighted by Gasteiger charge is -2.03. The number of halogens is 1. The van der Waals surface area contributed by atoms with Crippen molar-refractivity contribution in [2.24, 2.45) is 0 Å². The SMILES string of the molecule is N#Cc1ccc(Sc2cc(C(=O)O)ccn2)cc1Br. The van der Waals surface area contributed by atoms with Gasteiger partial charge in [0, 0.05) is 15.6 Å². The summed E-state index contributed by atoms with van der Waals surface area (Å²) in [6, 6.07) is 10.3. The summed E-state index contributed by atoms with van der Waals surface area (Å²) in [5.74, 6) is -0.981. The minimum absolute atomic E-state index is 0.199. The second kappa shape index (κ2) is 5.87. The van der Waals surface area contributed by atoms with Gasteiger partial charge in [-0.15, -0.1) is 0 Å². The molecule has 94 valence electrons. The van der Waals surface area contributed by atoms with Crippen molar-refractivity contribution in [3.05, 3.63) is 52.1 Å². The molecule has 2 rings (SSSR count). The fourth-order valence-corrected chi connectivity index (χ4v) is 2.84. The first kappa shape index (κ1) is 13.6. The highest BCUT2D eigenvalue weighted by atomic mass is 79.9. The van der Waals surface area contributed by atoms with Crippen molar-refractivity contribution < 1.29 is 9.90 Å². The molecule has 2 aromatic rings. The summed E-state index contributed by atoms with van der Waals surface area (Å²) in [4.78, 5) is 15.8. The molecule has 0 fully saturated rings. The van der Waals surface area contributed by atoms with E-state index in [1.54, 1.807) is 18.2 Å². The molecular weight excluding hydrogens is 328 g/mol. The van der Waals surface area contributed by atoms with Crippen molar-refractivity contribution in [2.45, 2.75) is 9.92 Å². The normalized spacial score (nSPS) is 9.89. The molecule has 6 heteroatoms. The van der Waals surface area contributed by atoms with Gasteiger partial charge in [-0.3, -0.25) is 0 Å². The maximum absolute atomic E-state index is 10.9. The molecule has 0 amide bonds. The number of hydrogen-bond acceptors (Lipinski definition) is 4. The molecule has 0 aliphatic carbocycles. The van der Waals surface area contributed by atoms with E-state index in [0.29, 0.717) is 15.1 Å². The molecule has 1 N–H and O–H groups in total. The summed E-state index contributed by atoms with van der Waals surface area (Å²) in [5, 5.41) is 18.3. The highest BCUT2D eigenvalue weighted by Crippen LogP contribution is 2.30. The third-order valence-electron chi connectivity index (χ3n) is 2.27. The van der Waals surface area contributed by atoms with Gasteiger partial charge in [0.2, 0.25) is 0 Å². The number of carboxylic acids is 1. The molecule has 0 saturated heterocycles. The minimum atomic E-state index is -0.981. The number of nitriles is 1. The Bertz CT molecular complexity index is 683. The van der Waals surface area contributed by atoms with Crippen molar-refractivity contribution in [1.29, 1.82) is 5.26 Å². The molecule has 0 radical (unpaired) electrons. The smallest absolute Gasteiger partial charge is 0.335 e. The molecule has 0 aliphatic heterocycles. The van der Waals surface area contributed by atoms with Crippen LogP contribution in [0.2, 0.25) is 0 Å². The Labute approximate surface area is 122 Å². The highest BCUT2D eigenvalue weighted by Gasteiger charge is 2.07. The van der Waals surface area contributed by atoms with Crippen molar-refractivity contribution in [3.8, 4) is 6.07 Å². The summed E-state index contributed by atoms with van der Waals surface area (Å²) < 4.78 is 0.703. The number of pyridine rings is 1. The van der Waals surface area contributed by atoms with Crippen molar-refractivity contribution in [3.63, 3.8) is 0 Å². The Morgan fingerprint density at radius 1 is 1.37 bits per heavy atom. The minimum Gasteiger partial charge on any atom is -0.478 e. The van der Waals surface area contributed by atoms with E-state index >= 15 is 0 Å². The first-order chi connectivity index (χ1) is 9.10. The lowest BCUT2D eigenvalue weighted by Crippen LogP contribution is -1.96. The first-order valence-electron chi connectivity index (χ1n) is 5.17. The fraction of sp³-hybridized carbons (Fsp3) is 0. The molecule has 1 heterocycles. The van der Waals surface area contributed by atoms with E-state index < -0.39 is 5.97 Å². The first-order valence-corrected chi connectivity index (χ1v) is 6.78. The standard InChI is InChI=1S/C13H7BrN2O2S/c14-11-6-10(2-1-9(11)7-15)19-12-5-8(13(17)18)3-4-16-12/h1-6H,(H,17,18). The van der Waals surface area contributed by atoms with E-state index in [0.717, 1.165) is 4.90 Å². The van der Waals surface area contributed by atoms with Gasteiger partial charge >= 0.3 is 5.97 Å². The number of rotatable bonds is 3. The molecule has 19 heavy (non-hydrogen) atoms. The Balaban J connectivity index is 2.26. The Kier molecular flexibility index (Phi) is 4.20. The zero-order valence-corrected chi connectivity index (χ0v) is 11.9. The molecule has 4 nitrogen and oxygen atoms in total. The van der Waals surface area contributed by atoms with E-state index in [4.69, 9.17) is 10.4 Å². The van der Waals surface area contributed by atoms with Crippen LogP contribution in [0.1, 0.15) is 15.9 Å². The van der Waals surface area contributed by atoms with E-state index in [1.165, 1.54) is 30.1 Å². The summed E-state index contributed by atoms with van der Waals surface area (Å²) >= 11 is 4.65. The predicted molar refractivity (Wildman–Crippen MR) is 74.2 cm³/mol. The van der Waals surface area contributed by atoms with E-state index in [1.807, 2.05) is 0 Å². The van der Waals surface area contributed by atoms with E-state index in [-0.39, 0.29) is 5.56 Å². The molecular formula is C13H7BrN2O2S. The van der Waals surface area contributed by atoms with Crippen LogP contribution in [0, 0.1) is 11.3 Å². The number of nitrogens with zero attached hydrogens (tertiary/aromatic N) is 2. The van der Waals surface area contributed by atoms with Crippen LogP contribution >= 0.6 is 27.7 Å². The predicted octanol–water partition coefficient (Wildman–Crippen LogP) is 3.57. The van der Waals surface area contributed by atoms with Gasteiger partial charge in [0.15, 0.2) is 0 Å². The molecule has 0 spiro atoms. The molecule has 1 aromatic heterocycles. The zero-order valence-electron chi connectivity index (χ0n) is 9.50. The summed E-state index contributed by atoms with van der Waals surface area (Å²) in [7, 11) is 0. The maximum atomic E-state index is 10.9. The van der Waals surface area contributed by atoms with Gasteiger partial charge in [-0.1, -0.05) is 11.8 Å². The van der Waals surface area contributed by atoms with Gasteiger partial charge in [-0.05, 0) is 46.3 Å². The van der Waals surface area contributed by atoms with Gasteiger partial charge in [0.1, 0.15) is 11.1 Å². The van der Waals surface area contributed by atoms with Crippen molar-refractivity contribution >= 4 is 33.7 Å². The molecule has 0 bridgehead atoms. The van der Waals surface area contributed by atoms with Gasteiger partial charge in [0.25, 0.3) is 0 Å². The number of benzene rings is 1. The van der Waals surface area contributed by atoms with Crippen LogP contribution in [0.5, 0.6) is 0 Å². The number of carbonyl (C=O) groups is 1. The lowest BCUT2D eigenvalue weighted by atomic mass is 10.2. The molecule has 0 atom stereocenters. The Morgan fingerprint density at radius 2 is 2.16 bits per heavy atom. The molecule has 0 aliphatic rings. The quantitative estimate of drug-likeness (QED) is 0.928. The number of aromatic nitrogens is 1. The molecule has 1 aromatic carbocycles. The Morgan fingerprint density at radius 3 is 2.79 bits per heavy atom. The van der Waals surface area contributed by atoms with Crippen LogP contribution in [0.15, 0.2) is 50.9 Å². The van der Waals surface area contributed by atoms with Gasteiger partial charge in [-0.2, -0.15) is 5.26 Å². The summed E-state index contributed by atoms with van der Waals surface area (Å²) in [6.07, 6.45) is 1.46. The third-order valence-corrected chi connectivity index (χ3v) is 3.84. The fourth-order valence-electron chi connectivity index (χ4n) is 1.37. The van der Waals surface area contributed by atoms with Crippen LogP contribution in [-0.2, 0) is 0 Å². The number of hydrogen-bond donors (Lipinski definition) is 1. The topological polar surface area (TPSA) is 74.0 Å². The van der Waals surface area contributed by atoms with Crippen LogP contribution in [0.4, 0.5) is 0 Å². The van der Waals surface area contributed by atoms with Gasteiger partial charge < -0.3 is 5.11 Å². The van der Waals surface area contributed by atoms with Crippen molar-refractivity contribution in [1.82, 2.24) is 4.98 Å². The second-order valence-corrected chi connectivity index (χ2v) is 5.49. The van der Waals surface area contributed by atoms with Gasteiger partial charge in [-0.25, -0.2) is 9.78 Å². The summed E-state index contributed by atoms with van der Waals surface area (Å²) in [6.45, 7) is 0. The average molecular weight is 335 g/mol.